The molecule has 3 N–H and O–H groups in total. The number of fused-ring (bicyclic) bond motifs is 1. The van der Waals surface area contributed by atoms with Crippen LogP contribution in [-0.4, -0.2) is 62.8 Å². The van der Waals surface area contributed by atoms with Crippen LogP contribution in [0.1, 0.15) is 29.3 Å². The first-order chi connectivity index (χ1) is 17.7. The zero-order chi connectivity index (χ0) is 26.6. The van der Waals surface area contributed by atoms with Crippen LogP contribution in [-0.2, 0) is 14.8 Å². The molecule has 0 aliphatic carbocycles. The average molecular weight is 526 g/mol. The first-order valence-electron chi connectivity index (χ1n) is 12.2. The lowest BCUT2D eigenvalue weighted by molar-refractivity contribution is 0.0666. The van der Waals surface area contributed by atoms with E-state index in [0.717, 1.165) is 5.56 Å². The SMILES string of the molecule is CCOC(=O)N1CC[C@H](NS(=O)(=O)c2ccc(NC(=O)c3ccccc3C)c3ccccc23)[C@H](CO)C1. The number of rotatable bonds is 7. The number of anilines is 1. The van der Waals surface area contributed by atoms with Crippen LogP contribution in [0.25, 0.3) is 10.8 Å². The molecule has 196 valence electrons. The molecule has 0 bridgehead atoms. The number of aliphatic hydroxyl groups excluding tert-OH is 1. The van der Waals surface area contributed by atoms with Crippen molar-refractivity contribution in [2.45, 2.75) is 31.2 Å². The third kappa shape index (κ3) is 5.76. The van der Waals surface area contributed by atoms with E-state index in [4.69, 9.17) is 4.74 Å². The van der Waals surface area contributed by atoms with Crippen LogP contribution in [0.2, 0.25) is 0 Å². The number of carbonyl (C=O) groups is 2. The van der Waals surface area contributed by atoms with Crippen molar-refractivity contribution in [1.82, 2.24) is 9.62 Å². The Morgan fingerprint density at radius 1 is 1.05 bits per heavy atom. The molecular formula is C27H31N3O6S. The van der Waals surface area contributed by atoms with Crippen LogP contribution >= 0.6 is 0 Å². The Morgan fingerprint density at radius 2 is 1.76 bits per heavy atom. The number of ether oxygens (including phenoxy) is 1. The van der Waals surface area contributed by atoms with E-state index in [1.165, 1.54) is 11.0 Å². The summed E-state index contributed by atoms with van der Waals surface area (Å²) in [5.41, 5.74) is 1.87. The van der Waals surface area contributed by atoms with Crippen molar-refractivity contribution in [2.24, 2.45) is 5.92 Å². The van der Waals surface area contributed by atoms with Crippen molar-refractivity contribution in [3.8, 4) is 0 Å². The lowest BCUT2D eigenvalue weighted by Crippen LogP contribution is -2.53. The van der Waals surface area contributed by atoms with E-state index in [1.807, 2.05) is 19.1 Å². The minimum Gasteiger partial charge on any atom is -0.450 e. The number of likely N-dealkylation sites (tertiary alicyclic amines) is 1. The molecule has 0 unspecified atom stereocenters. The number of nitrogens with zero attached hydrogens (tertiary/aromatic N) is 1. The van der Waals surface area contributed by atoms with E-state index < -0.39 is 28.1 Å². The number of aryl methyl sites for hydroxylation is 1. The highest BCUT2D eigenvalue weighted by Crippen LogP contribution is 2.31. The standard InChI is InChI=1S/C27H31N3O6S/c1-3-36-27(33)30-15-14-23(19(16-30)17-31)29-37(34,35)25-13-12-24(21-10-6-7-11-22(21)25)28-26(32)20-9-5-4-8-18(20)2/h4-13,19,23,29,31H,3,14-17H2,1-2H3,(H,28,32)/t19-,23-/m0/s1. The van der Waals surface area contributed by atoms with Gasteiger partial charge in [-0.05, 0) is 44.0 Å². The molecule has 1 fully saturated rings. The number of piperidine rings is 1. The lowest BCUT2D eigenvalue weighted by Gasteiger charge is -2.37. The van der Waals surface area contributed by atoms with Crippen LogP contribution < -0.4 is 10.0 Å². The van der Waals surface area contributed by atoms with Crippen LogP contribution in [0.5, 0.6) is 0 Å². The van der Waals surface area contributed by atoms with Gasteiger partial charge in [0.15, 0.2) is 0 Å². The first kappa shape index (κ1) is 26.6. The minimum absolute atomic E-state index is 0.0708. The Morgan fingerprint density at radius 3 is 2.46 bits per heavy atom. The topological polar surface area (TPSA) is 125 Å². The fourth-order valence-electron chi connectivity index (χ4n) is 4.65. The van der Waals surface area contributed by atoms with E-state index >= 15 is 0 Å². The molecule has 3 aromatic rings. The van der Waals surface area contributed by atoms with Crippen LogP contribution in [0, 0.1) is 12.8 Å². The number of hydrogen-bond donors (Lipinski definition) is 3. The van der Waals surface area contributed by atoms with Crippen molar-refractivity contribution in [2.75, 3.05) is 31.6 Å². The van der Waals surface area contributed by atoms with Crippen molar-refractivity contribution in [3.05, 3.63) is 71.8 Å². The van der Waals surface area contributed by atoms with Crippen molar-refractivity contribution < 1.29 is 27.9 Å². The van der Waals surface area contributed by atoms with Gasteiger partial charge in [-0.15, -0.1) is 0 Å². The van der Waals surface area contributed by atoms with Gasteiger partial charge in [0.25, 0.3) is 5.91 Å². The predicted octanol–water partition coefficient (Wildman–Crippen LogP) is 3.52. The summed E-state index contributed by atoms with van der Waals surface area (Å²) in [4.78, 5) is 26.5. The molecule has 0 spiro atoms. The maximum Gasteiger partial charge on any atom is 0.409 e. The Hall–Kier alpha value is -3.47. The third-order valence-corrected chi connectivity index (χ3v) is 8.16. The van der Waals surface area contributed by atoms with Gasteiger partial charge in [-0.2, -0.15) is 0 Å². The average Bonchev–Trinajstić information content (AvgIpc) is 2.89. The molecule has 9 nitrogen and oxygen atoms in total. The van der Waals surface area contributed by atoms with E-state index in [2.05, 4.69) is 10.0 Å². The molecule has 3 aromatic carbocycles. The number of sulfonamides is 1. The number of carbonyl (C=O) groups excluding carboxylic acids is 2. The number of aliphatic hydroxyl groups is 1. The van der Waals surface area contributed by atoms with Crippen molar-refractivity contribution in [3.63, 3.8) is 0 Å². The molecule has 2 amide bonds. The molecule has 10 heteroatoms. The molecule has 37 heavy (non-hydrogen) atoms. The number of benzene rings is 3. The van der Waals surface area contributed by atoms with Gasteiger partial charge in [-0.25, -0.2) is 17.9 Å². The Kier molecular flexibility index (Phi) is 8.11. The van der Waals surface area contributed by atoms with Gasteiger partial charge in [0, 0.05) is 53.7 Å². The zero-order valence-electron chi connectivity index (χ0n) is 20.8. The van der Waals surface area contributed by atoms with Gasteiger partial charge >= 0.3 is 6.09 Å². The smallest absolute Gasteiger partial charge is 0.409 e. The Balaban J connectivity index is 1.59. The fraction of sp³-hybridized carbons (Fsp3) is 0.333. The van der Waals surface area contributed by atoms with Crippen LogP contribution in [0.4, 0.5) is 10.5 Å². The monoisotopic (exact) mass is 525 g/mol. The third-order valence-electron chi connectivity index (χ3n) is 6.61. The summed E-state index contributed by atoms with van der Waals surface area (Å²) in [6.07, 6.45) is -0.136. The second-order valence-corrected chi connectivity index (χ2v) is 10.7. The first-order valence-corrected chi connectivity index (χ1v) is 13.7. The van der Waals surface area contributed by atoms with Gasteiger partial charge < -0.3 is 20.1 Å². The fourth-order valence-corrected chi connectivity index (χ4v) is 6.20. The quantitative estimate of drug-likeness (QED) is 0.434. The maximum atomic E-state index is 13.5. The molecule has 1 saturated heterocycles. The molecule has 0 radical (unpaired) electrons. The summed E-state index contributed by atoms with van der Waals surface area (Å²) in [5, 5.41) is 13.9. The molecule has 1 aliphatic rings. The minimum atomic E-state index is -3.99. The van der Waals surface area contributed by atoms with E-state index in [-0.39, 0.29) is 30.6 Å². The van der Waals surface area contributed by atoms with E-state index in [0.29, 0.717) is 35.0 Å². The number of hydrogen-bond acceptors (Lipinski definition) is 6. The largest absolute Gasteiger partial charge is 0.450 e. The maximum absolute atomic E-state index is 13.5. The number of nitrogens with one attached hydrogen (secondary N) is 2. The highest BCUT2D eigenvalue weighted by molar-refractivity contribution is 7.89. The van der Waals surface area contributed by atoms with E-state index in [9.17, 15) is 23.1 Å². The van der Waals surface area contributed by atoms with Gasteiger partial charge in [0.1, 0.15) is 0 Å². The van der Waals surface area contributed by atoms with Crippen LogP contribution in [0.15, 0.2) is 65.6 Å². The number of amides is 2. The summed E-state index contributed by atoms with van der Waals surface area (Å²) in [5.74, 6) is -0.761. The van der Waals surface area contributed by atoms with Gasteiger partial charge in [0.05, 0.1) is 11.5 Å². The predicted molar refractivity (Wildman–Crippen MR) is 141 cm³/mol. The molecule has 1 aliphatic heterocycles. The van der Waals surface area contributed by atoms with Crippen LogP contribution in [0.3, 0.4) is 0 Å². The van der Waals surface area contributed by atoms with Gasteiger partial charge in [0.2, 0.25) is 10.0 Å². The second-order valence-electron chi connectivity index (χ2n) is 9.03. The second kappa shape index (κ2) is 11.3. The van der Waals surface area contributed by atoms with Crippen molar-refractivity contribution >= 4 is 38.5 Å². The normalized spacial score (nSPS) is 18.0. The molecule has 4 rings (SSSR count). The summed E-state index contributed by atoms with van der Waals surface area (Å²) in [6.45, 7) is 4.02. The highest BCUT2D eigenvalue weighted by atomic mass is 32.2. The van der Waals surface area contributed by atoms with E-state index in [1.54, 1.807) is 49.4 Å². The summed E-state index contributed by atoms with van der Waals surface area (Å²) < 4.78 is 34.8. The van der Waals surface area contributed by atoms with Gasteiger partial charge in [-0.3, -0.25) is 4.79 Å². The Labute approximate surface area is 216 Å². The molecule has 0 aromatic heterocycles. The zero-order valence-corrected chi connectivity index (χ0v) is 21.6. The lowest BCUT2D eigenvalue weighted by atomic mass is 9.94. The Bertz CT molecular complexity index is 1410. The molecule has 1 heterocycles. The summed E-state index contributed by atoms with van der Waals surface area (Å²) in [6, 6.07) is 16.7. The summed E-state index contributed by atoms with van der Waals surface area (Å²) in [7, 11) is -3.99. The molecular weight excluding hydrogens is 494 g/mol. The van der Waals surface area contributed by atoms with Gasteiger partial charge in [-0.1, -0.05) is 42.5 Å². The highest BCUT2D eigenvalue weighted by Gasteiger charge is 2.35. The molecule has 0 saturated carbocycles. The molecule has 2 atom stereocenters. The summed E-state index contributed by atoms with van der Waals surface area (Å²) >= 11 is 0. The van der Waals surface area contributed by atoms with Crippen molar-refractivity contribution in [1.29, 1.82) is 0 Å².